The highest BCUT2D eigenvalue weighted by Crippen LogP contribution is 2.27. The van der Waals surface area contributed by atoms with Crippen LogP contribution in [0.1, 0.15) is 5.56 Å². The number of rotatable bonds is 5. The standard InChI is InChI=1S/C20H17I2N3/c1-23-20-18(21)12-15(13-19(20)22)14-24-25(16-8-4-2-5-9-16)17-10-6-3-7-11-17/h2-14,23H,1H3/b24-14-. The summed E-state index contributed by atoms with van der Waals surface area (Å²) in [6, 6.07) is 24.6. The summed E-state index contributed by atoms with van der Waals surface area (Å²) in [7, 11) is 1.94. The van der Waals surface area contributed by atoms with Crippen LogP contribution in [0.4, 0.5) is 17.1 Å². The molecule has 3 rings (SSSR count). The number of nitrogens with one attached hydrogen (secondary N) is 1. The highest BCUT2D eigenvalue weighted by atomic mass is 127. The number of hydrogen-bond acceptors (Lipinski definition) is 3. The average Bonchev–Trinajstić information content (AvgIpc) is 2.63. The molecular formula is C20H17I2N3. The predicted molar refractivity (Wildman–Crippen MR) is 124 cm³/mol. The summed E-state index contributed by atoms with van der Waals surface area (Å²) in [5, 5.41) is 9.94. The summed E-state index contributed by atoms with van der Waals surface area (Å²) in [6.45, 7) is 0. The van der Waals surface area contributed by atoms with Gasteiger partial charge in [0.05, 0.1) is 23.3 Å². The lowest BCUT2D eigenvalue weighted by Crippen LogP contribution is -2.09. The van der Waals surface area contributed by atoms with Crippen molar-refractivity contribution in [2.45, 2.75) is 0 Å². The largest absolute Gasteiger partial charge is 0.386 e. The van der Waals surface area contributed by atoms with E-state index in [0.29, 0.717) is 0 Å². The molecule has 25 heavy (non-hydrogen) atoms. The maximum Gasteiger partial charge on any atom is 0.0652 e. The van der Waals surface area contributed by atoms with Gasteiger partial charge in [-0.2, -0.15) is 5.10 Å². The van der Waals surface area contributed by atoms with Crippen molar-refractivity contribution in [3.05, 3.63) is 85.5 Å². The summed E-state index contributed by atoms with van der Waals surface area (Å²) in [5.74, 6) is 0. The van der Waals surface area contributed by atoms with E-state index in [2.05, 4.69) is 86.9 Å². The van der Waals surface area contributed by atoms with Gasteiger partial charge < -0.3 is 5.32 Å². The van der Waals surface area contributed by atoms with Crippen LogP contribution in [0.2, 0.25) is 0 Å². The first kappa shape index (κ1) is 18.2. The summed E-state index contributed by atoms with van der Waals surface area (Å²) >= 11 is 4.70. The van der Waals surface area contributed by atoms with Crippen molar-refractivity contribution in [1.29, 1.82) is 0 Å². The van der Waals surface area contributed by atoms with Crippen LogP contribution in [-0.2, 0) is 0 Å². The number of halogens is 2. The molecule has 0 aliphatic heterocycles. The topological polar surface area (TPSA) is 27.6 Å². The van der Waals surface area contributed by atoms with Gasteiger partial charge >= 0.3 is 0 Å². The number of para-hydroxylation sites is 2. The van der Waals surface area contributed by atoms with E-state index in [4.69, 9.17) is 5.10 Å². The Hall–Kier alpha value is -1.61. The number of benzene rings is 3. The van der Waals surface area contributed by atoms with Crippen LogP contribution in [-0.4, -0.2) is 13.3 Å². The van der Waals surface area contributed by atoms with Gasteiger partial charge in [0.15, 0.2) is 0 Å². The lowest BCUT2D eigenvalue weighted by molar-refractivity contribution is 1.09. The normalized spacial score (nSPS) is 10.8. The second-order valence-corrected chi connectivity index (χ2v) is 7.66. The Balaban J connectivity index is 1.97. The lowest BCUT2D eigenvalue weighted by atomic mass is 10.2. The molecule has 0 saturated heterocycles. The summed E-state index contributed by atoms with van der Waals surface area (Å²) in [5.41, 5.74) is 4.29. The summed E-state index contributed by atoms with van der Waals surface area (Å²) in [4.78, 5) is 0. The Morgan fingerprint density at radius 2 is 1.32 bits per heavy atom. The lowest BCUT2D eigenvalue weighted by Gasteiger charge is -2.19. The smallest absolute Gasteiger partial charge is 0.0652 e. The van der Waals surface area contributed by atoms with Gasteiger partial charge in [-0.3, -0.25) is 0 Å². The Bertz CT molecular complexity index is 802. The molecule has 3 aromatic carbocycles. The molecule has 126 valence electrons. The maximum absolute atomic E-state index is 4.75. The quantitative estimate of drug-likeness (QED) is 0.235. The molecule has 0 radical (unpaired) electrons. The Kier molecular flexibility index (Phi) is 6.30. The monoisotopic (exact) mass is 553 g/mol. The molecule has 3 nitrogen and oxygen atoms in total. The highest BCUT2D eigenvalue weighted by Gasteiger charge is 2.08. The number of nitrogens with zero attached hydrogens (tertiary/aromatic N) is 2. The average molecular weight is 553 g/mol. The molecule has 0 unspecified atom stereocenters. The van der Waals surface area contributed by atoms with Crippen molar-refractivity contribution in [3.63, 3.8) is 0 Å². The molecular weight excluding hydrogens is 536 g/mol. The van der Waals surface area contributed by atoms with Crippen LogP contribution in [0.15, 0.2) is 77.9 Å². The number of hydrogen-bond donors (Lipinski definition) is 1. The highest BCUT2D eigenvalue weighted by molar-refractivity contribution is 14.1. The third-order valence-corrected chi connectivity index (χ3v) is 5.34. The molecule has 0 spiro atoms. The molecule has 5 heteroatoms. The molecule has 0 aliphatic carbocycles. The molecule has 0 bridgehead atoms. The van der Waals surface area contributed by atoms with E-state index in [1.807, 2.05) is 54.7 Å². The molecule has 0 saturated carbocycles. The van der Waals surface area contributed by atoms with E-state index in [1.165, 1.54) is 7.14 Å². The van der Waals surface area contributed by atoms with Crippen LogP contribution in [0.25, 0.3) is 0 Å². The molecule has 0 amide bonds. The SMILES string of the molecule is CNc1c(I)cc(/C=N\N(c2ccccc2)c2ccccc2)cc1I. The van der Waals surface area contributed by atoms with Crippen molar-refractivity contribution in [1.82, 2.24) is 0 Å². The van der Waals surface area contributed by atoms with Crippen molar-refractivity contribution in [2.75, 3.05) is 17.4 Å². The maximum atomic E-state index is 4.75. The van der Waals surface area contributed by atoms with Crippen molar-refractivity contribution < 1.29 is 0 Å². The van der Waals surface area contributed by atoms with Gasteiger partial charge in [-0.15, -0.1) is 0 Å². The van der Waals surface area contributed by atoms with Gasteiger partial charge in [0.1, 0.15) is 0 Å². The van der Waals surface area contributed by atoms with Crippen molar-refractivity contribution in [2.24, 2.45) is 5.10 Å². The first-order chi connectivity index (χ1) is 12.2. The van der Waals surface area contributed by atoms with Crippen molar-refractivity contribution >= 4 is 68.5 Å². The van der Waals surface area contributed by atoms with E-state index < -0.39 is 0 Å². The minimum absolute atomic E-state index is 1.03. The van der Waals surface area contributed by atoms with E-state index in [0.717, 1.165) is 22.6 Å². The van der Waals surface area contributed by atoms with Crippen LogP contribution in [0.3, 0.4) is 0 Å². The summed E-state index contributed by atoms with van der Waals surface area (Å²) < 4.78 is 2.36. The molecule has 0 fully saturated rings. The number of anilines is 3. The minimum Gasteiger partial charge on any atom is -0.386 e. The third kappa shape index (κ3) is 4.52. The Morgan fingerprint density at radius 1 is 0.840 bits per heavy atom. The van der Waals surface area contributed by atoms with Gasteiger partial charge in [0.25, 0.3) is 0 Å². The first-order valence-electron chi connectivity index (χ1n) is 7.80. The van der Waals surface area contributed by atoms with E-state index in [9.17, 15) is 0 Å². The molecule has 0 aromatic heterocycles. The zero-order valence-corrected chi connectivity index (χ0v) is 18.0. The third-order valence-electron chi connectivity index (χ3n) is 3.64. The molecule has 3 aromatic rings. The van der Waals surface area contributed by atoms with Gasteiger partial charge in [0.2, 0.25) is 0 Å². The zero-order valence-electron chi connectivity index (χ0n) is 13.7. The first-order valence-corrected chi connectivity index (χ1v) is 9.96. The summed E-state index contributed by atoms with van der Waals surface area (Å²) in [6.07, 6.45) is 1.91. The molecule has 1 N–H and O–H groups in total. The van der Waals surface area contributed by atoms with Crippen LogP contribution >= 0.6 is 45.2 Å². The molecule has 0 atom stereocenters. The van der Waals surface area contributed by atoms with Gasteiger partial charge in [-0.25, -0.2) is 5.01 Å². The van der Waals surface area contributed by atoms with Gasteiger partial charge in [-0.05, 0) is 87.1 Å². The van der Waals surface area contributed by atoms with Crippen LogP contribution in [0, 0.1) is 7.14 Å². The van der Waals surface area contributed by atoms with Gasteiger partial charge in [0, 0.05) is 14.2 Å². The second-order valence-electron chi connectivity index (χ2n) is 5.34. The number of hydrazone groups is 1. The van der Waals surface area contributed by atoms with Crippen molar-refractivity contribution in [3.8, 4) is 0 Å². The predicted octanol–water partition coefficient (Wildman–Crippen LogP) is 6.11. The van der Waals surface area contributed by atoms with Gasteiger partial charge in [-0.1, -0.05) is 36.4 Å². The molecule has 0 heterocycles. The van der Waals surface area contributed by atoms with Crippen LogP contribution in [0.5, 0.6) is 0 Å². The van der Waals surface area contributed by atoms with E-state index in [1.54, 1.807) is 0 Å². The Labute approximate surface area is 175 Å². The zero-order chi connectivity index (χ0) is 17.6. The molecule has 0 aliphatic rings. The minimum atomic E-state index is 1.03. The van der Waals surface area contributed by atoms with E-state index in [-0.39, 0.29) is 0 Å². The Morgan fingerprint density at radius 3 is 1.76 bits per heavy atom. The second kappa shape index (κ2) is 8.66. The fourth-order valence-electron chi connectivity index (χ4n) is 2.45. The fraction of sp³-hybridized carbons (Fsp3) is 0.0500. The van der Waals surface area contributed by atoms with Crippen LogP contribution < -0.4 is 10.3 Å². The fourth-order valence-corrected chi connectivity index (χ4v) is 4.81. The van der Waals surface area contributed by atoms with E-state index >= 15 is 0 Å².